The van der Waals surface area contributed by atoms with Crippen LogP contribution in [0, 0.1) is 0 Å². The minimum Gasteiger partial charge on any atom is -0.478 e. The van der Waals surface area contributed by atoms with Crippen LogP contribution in [0.3, 0.4) is 0 Å². The summed E-state index contributed by atoms with van der Waals surface area (Å²) in [5.74, 6) is -0.990. The first kappa shape index (κ1) is 12.4. The Kier molecular flexibility index (Phi) is 5.02. The summed E-state index contributed by atoms with van der Waals surface area (Å²) in [5.41, 5.74) is 6.81. The van der Waals surface area contributed by atoms with Crippen LogP contribution in [-0.2, 0) is 5.33 Å². The van der Waals surface area contributed by atoms with Gasteiger partial charge in [-0.05, 0) is 17.7 Å². The summed E-state index contributed by atoms with van der Waals surface area (Å²) in [6, 6.07) is 4.95. The number of benzene rings is 1. The maximum absolute atomic E-state index is 10.6. The highest BCUT2D eigenvalue weighted by molar-refractivity contribution is 9.08. The number of anilines is 1. The van der Waals surface area contributed by atoms with E-state index in [9.17, 15) is 4.79 Å². The van der Waals surface area contributed by atoms with Crippen molar-refractivity contribution in [3.63, 3.8) is 0 Å². The Morgan fingerprint density at radius 3 is 2.62 bits per heavy atom. The molecule has 0 saturated carbocycles. The average Bonchev–Trinajstić information content (AvgIpc) is 2.05. The molecule has 1 rings (SSSR count). The van der Waals surface area contributed by atoms with Crippen molar-refractivity contribution in [3.05, 3.63) is 29.3 Å². The first-order valence-corrected chi connectivity index (χ1v) is 4.45. The molecule has 0 atom stereocenters. The molecule has 0 unspecified atom stereocenters. The Morgan fingerprint density at radius 2 is 2.15 bits per heavy atom. The Morgan fingerprint density at radius 1 is 1.54 bits per heavy atom. The number of halogens is 2. The third kappa shape index (κ3) is 3.00. The van der Waals surface area contributed by atoms with Gasteiger partial charge >= 0.3 is 5.97 Å². The van der Waals surface area contributed by atoms with Crippen LogP contribution in [0.4, 0.5) is 5.69 Å². The topological polar surface area (TPSA) is 63.3 Å². The number of alkyl halides is 1. The zero-order valence-electron chi connectivity index (χ0n) is 6.66. The van der Waals surface area contributed by atoms with Gasteiger partial charge in [0.2, 0.25) is 0 Å². The second-order valence-electron chi connectivity index (χ2n) is 2.36. The Hall–Kier alpha value is -0.550. The van der Waals surface area contributed by atoms with E-state index < -0.39 is 5.97 Å². The van der Waals surface area contributed by atoms with Gasteiger partial charge in [0.15, 0.2) is 0 Å². The second-order valence-corrected chi connectivity index (χ2v) is 2.92. The van der Waals surface area contributed by atoms with Crippen molar-refractivity contribution in [2.45, 2.75) is 5.33 Å². The van der Waals surface area contributed by atoms with E-state index >= 15 is 0 Å². The molecule has 5 heteroatoms. The fourth-order valence-electron chi connectivity index (χ4n) is 0.872. The second kappa shape index (κ2) is 5.24. The SMILES string of the molecule is Br.Nc1ccc(CBr)cc1C(=O)O. The van der Waals surface area contributed by atoms with Crippen LogP contribution in [0.5, 0.6) is 0 Å². The molecule has 0 radical (unpaired) electrons. The highest BCUT2D eigenvalue weighted by Gasteiger charge is 2.07. The number of rotatable bonds is 2. The number of hydrogen-bond donors (Lipinski definition) is 2. The minimum atomic E-state index is -0.990. The summed E-state index contributed by atoms with van der Waals surface area (Å²) in [5, 5.41) is 9.32. The van der Waals surface area contributed by atoms with Crippen molar-refractivity contribution in [1.82, 2.24) is 0 Å². The number of carboxylic acids is 1. The van der Waals surface area contributed by atoms with Gasteiger partial charge in [-0.25, -0.2) is 4.79 Å². The van der Waals surface area contributed by atoms with E-state index in [0.29, 0.717) is 11.0 Å². The zero-order valence-corrected chi connectivity index (χ0v) is 9.96. The predicted molar refractivity (Wildman–Crippen MR) is 60.8 cm³/mol. The summed E-state index contributed by atoms with van der Waals surface area (Å²) in [6.45, 7) is 0. The molecule has 0 aliphatic heterocycles. The van der Waals surface area contributed by atoms with Crippen molar-refractivity contribution < 1.29 is 9.90 Å². The highest BCUT2D eigenvalue weighted by atomic mass is 79.9. The maximum atomic E-state index is 10.6. The molecule has 3 N–H and O–H groups in total. The van der Waals surface area contributed by atoms with E-state index in [1.807, 2.05) is 0 Å². The average molecular weight is 311 g/mol. The van der Waals surface area contributed by atoms with Crippen LogP contribution in [-0.4, -0.2) is 11.1 Å². The standard InChI is InChI=1S/C8H8BrNO2.BrH/c9-4-5-1-2-7(10)6(3-5)8(11)12;/h1-3H,4,10H2,(H,11,12);1H. The summed E-state index contributed by atoms with van der Waals surface area (Å²) >= 11 is 3.23. The molecule has 3 nitrogen and oxygen atoms in total. The number of aromatic carboxylic acids is 1. The van der Waals surface area contributed by atoms with Gasteiger partial charge in [-0.2, -0.15) is 0 Å². The Bertz CT molecular complexity index is 315. The lowest BCUT2D eigenvalue weighted by atomic mass is 10.1. The molecule has 13 heavy (non-hydrogen) atoms. The van der Waals surface area contributed by atoms with Crippen molar-refractivity contribution >= 4 is 44.6 Å². The zero-order chi connectivity index (χ0) is 9.14. The molecule has 0 aliphatic rings. The first-order valence-electron chi connectivity index (χ1n) is 3.33. The predicted octanol–water partition coefficient (Wildman–Crippen LogP) is 2.44. The highest BCUT2D eigenvalue weighted by Crippen LogP contribution is 2.15. The van der Waals surface area contributed by atoms with Gasteiger partial charge in [-0.3, -0.25) is 0 Å². The fraction of sp³-hybridized carbons (Fsp3) is 0.125. The van der Waals surface area contributed by atoms with Crippen LogP contribution >= 0.6 is 32.9 Å². The molecule has 0 spiro atoms. The van der Waals surface area contributed by atoms with Gasteiger partial charge in [0, 0.05) is 11.0 Å². The van der Waals surface area contributed by atoms with Crippen LogP contribution in [0.15, 0.2) is 18.2 Å². The van der Waals surface area contributed by atoms with Crippen molar-refractivity contribution in [2.75, 3.05) is 5.73 Å². The van der Waals surface area contributed by atoms with E-state index in [2.05, 4.69) is 15.9 Å². The molecule has 1 aromatic rings. The lowest BCUT2D eigenvalue weighted by Crippen LogP contribution is -2.02. The molecule has 0 heterocycles. The van der Waals surface area contributed by atoms with Gasteiger partial charge in [0.25, 0.3) is 0 Å². The van der Waals surface area contributed by atoms with E-state index in [0.717, 1.165) is 5.56 Å². The van der Waals surface area contributed by atoms with Crippen LogP contribution in [0.1, 0.15) is 15.9 Å². The molecule has 72 valence electrons. The third-order valence-corrected chi connectivity index (χ3v) is 2.15. The number of nitrogens with two attached hydrogens (primary N) is 1. The number of nitrogen functional groups attached to an aromatic ring is 1. The van der Waals surface area contributed by atoms with Crippen LogP contribution < -0.4 is 5.73 Å². The molecule has 0 aliphatic carbocycles. The monoisotopic (exact) mass is 309 g/mol. The first-order chi connectivity index (χ1) is 5.65. The summed E-state index contributed by atoms with van der Waals surface area (Å²) in [7, 11) is 0. The lowest BCUT2D eigenvalue weighted by molar-refractivity contribution is 0.0698. The van der Waals surface area contributed by atoms with Crippen molar-refractivity contribution in [1.29, 1.82) is 0 Å². The molecule has 0 saturated heterocycles. The quantitative estimate of drug-likeness (QED) is 0.651. The normalized spacial score (nSPS) is 9.00. The minimum absolute atomic E-state index is 0. The van der Waals surface area contributed by atoms with E-state index in [1.54, 1.807) is 18.2 Å². The van der Waals surface area contributed by atoms with Gasteiger partial charge in [-0.1, -0.05) is 22.0 Å². The molecule has 0 amide bonds. The van der Waals surface area contributed by atoms with Gasteiger partial charge in [0.1, 0.15) is 0 Å². The van der Waals surface area contributed by atoms with E-state index in [-0.39, 0.29) is 22.5 Å². The van der Waals surface area contributed by atoms with Crippen molar-refractivity contribution in [2.24, 2.45) is 0 Å². The molecule has 1 aromatic carbocycles. The van der Waals surface area contributed by atoms with Gasteiger partial charge in [0.05, 0.1) is 5.56 Å². The molecule has 0 aromatic heterocycles. The largest absolute Gasteiger partial charge is 0.478 e. The van der Waals surface area contributed by atoms with Crippen LogP contribution in [0.2, 0.25) is 0 Å². The number of carboxylic acid groups (broad SMARTS) is 1. The van der Waals surface area contributed by atoms with Gasteiger partial charge in [-0.15, -0.1) is 17.0 Å². The molecular weight excluding hydrogens is 302 g/mol. The van der Waals surface area contributed by atoms with E-state index in [4.69, 9.17) is 10.8 Å². The molecule has 0 bridgehead atoms. The smallest absolute Gasteiger partial charge is 0.337 e. The van der Waals surface area contributed by atoms with Gasteiger partial charge < -0.3 is 10.8 Å². The van der Waals surface area contributed by atoms with Crippen LogP contribution in [0.25, 0.3) is 0 Å². The molecule has 0 fully saturated rings. The summed E-state index contributed by atoms with van der Waals surface area (Å²) in [6.07, 6.45) is 0. The Labute approximate surface area is 94.8 Å². The van der Waals surface area contributed by atoms with Crippen molar-refractivity contribution in [3.8, 4) is 0 Å². The summed E-state index contributed by atoms with van der Waals surface area (Å²) < 4.78 is 0. The maximum Gasteiger partial charge on any atom is 0.337 e. The number of carbonyl (C=O) groups is 1. The van der Waals surface area contributed by atoms with E-state index in [1.165, 1.54) is 0 Å². The summed E-state index contributed by atoms with van der Waals surface area (Å²) in [4.78, 5) is 10.6. The molecular formula is C8H9Br2NO2. The lowest BCUT2D eigenvalue weighted by Gasteiger charge is -2.01. The Balaban J connectivity index is 0.00000144. The third-order valence-electron chi connectivity index (χ3n) is 1.50. The number of hydrogen-bond acceptors (Lipinski definition) is 2. The fourth-order valence-corrected chi connectivity index (χ4v) is 1.22.